The van der Waals surface area contributed by atoms with Crippen molar-refractivity contribution in [3.63, 3.8) is 0 Å². The fourth-order valence-corrected chi connectivity index (χ4v) is 2.22. The van der Waals surface area contributed by atoms with Crippen LogP contribution < -0.4 is 5.32 Å². The van der Waals surface area contributed by atoms with Crippen LogP contribution in [0.3, 0.4) is 0 Å². The van der Waals surface area contributed by atoms with Gasteiger partial charge in [0.1, 0.15) is 5.82 Å². The highest BCUT2D eigenvalue weighted by Crippen LogP contribution is 2.40. The molecule has 2 N–H and O–H groups in total. The topological polar surface area (TPSA) is 70.4 Å². The SMILES string of the molecule is CC(CO)N(C)CC(=O)Nc1ccnn1C(C)C1CC1. The first-order valence-corrected chi connectivity index (χ1v) is 7.17. The molecular formula is C14H24N4O2. The Hall–Kier alpha value is -1.40. The minimum Gasteiger partial charge on any atom is -0.395 e. The van der Waals surface area contributed by atoms with Gasteiger partial charge in [0.05, 0.1) is 25.4 Å². The molecule has 1 aliphatic rings. The van der Waals surface area contributed by atoms with Gasteiger partial charge in [-0.05, 0) is 39.7 Å². The smallest absolute Gasteiger partial charge is 0.239 e. The predicted octanol–water partition coefficient (Wildman–Crippen LogP) is 1.11. The second-order valence-electron chi connectivity index (χ2n) is 5.73. The van der Waals surface area contributed by atoms with E-state index in [1.165, 1.54) is 12.8 Å². The summed E-state index contributed by atoms with van der Waals surface area (Å²) in [6.45, 7) is 4.32. The highest BCUT2D eigenvalue weighted by Gasteiger charge is 2.30. The molecule has 1 aromatic rings. The molecule has 2 unspecified atom stereocenters. The van der Waals surface area contributed by atoms with Crippen LogP contribution in [0.1, 0.15) is 32.7 Å². The van der Waals surface area contributed by atoms with Crippen LogP contribution in [-0.2, 0) is 4.79 Å². The molecule has 0 radical (unpaired) electrons. The summed E-state index contributed by atoms with van der Waals surface area (Å²) in [4.78, 5) is 13.8. The summed E-state index contributed by atoms with van der Waals surface area (Å²) in [7, 11) is 1.82. The summed E-state index contributed by atoms with van der Waals surface area (Å²) in [5.41, 5.74) is 0. The third kappa shape index (κ3) is 3.58. The fourth-order valence-electron chi connectivity index (χ4n) is 2.22. The van der Waals surface area contributed by atoms with Gasteiger partial charge >= 0.3 is 0 Å². The van der Waals surface area contributed by atoms with Gasteiger partial charge in [0.25, 0.3) is 0 Å². The van der Waals surface area contributed by atoms with Crippen LogP contribution >= 0.6 is 0 Å². The Bertz CT molecular complexity index is 456. The first-order chi connectivity index (χ1) is 9.52. The van der Waals surface area contributed by atoms with Gasteiger partial charge in [0.2, 0.25) is 5.91 Å². The number of aliphatic hydroxyl groups excluding tert-OH is 1. The summed E-state index contributed by atoms with van der Waals surface area (Å²) in [5.74, 6) is 1.35. The first kappa shape index (κ1) is 15.0. The summed E-state index contributed by atoms with van der Waals surface area (Å²) in [6, 6.07) is 2.12. The number of aromatic nitrogens is 2. The average Bonchev–Trinajstić information content (AvgIpc) is 3.17. The van der Waals surface area contributed by atoms with Crippen molar-refractivity contribution in [3.05, 3.63) is 12.3 Å². The van der Waals surface area contributed by atoms with Gasteiger partial charge in [-0.2, -0.15) is 5.10 Å². The van der Waals surface area contributed by atoms with Crippen LogP contribution in [-0.4, -0.2) is 51.9 Å². The van der Waals surface area contributed by atoms with Crippen molar-refractivity contribution in [2.75, 3.05) is 25.5 Å². The zero-order chi connectivity index (χ0) is 14.7. The molecule has 0 bridgehead atoms. The number of likely N-dealkylation sites (N-methyl/N-ethyl adjacent to an activating group) is 1. The normalized spacial score (nSPS) is 18.1. The van der Waals surface area contributed by atoms with E-state index in [1.54, 1.807) is 6.20 Å². The van der Waals surface area contributed by atoms with Gasteiger partial charge in [-0.1, -0.05) is 0 Å². The zero-order valence-electron chi connectivity index (χ0n) is 12.4. The van der Waals surface area contributed by atoms with Crippen LogP contribution in [0.25, 0.3) is 0 Å². The van der Waals surface area contributed by atoms with Crippen LogP contribution in [0, 0.1) is 5.92 Å². The number of hydrogen-bond acceptors (Lipinski definition) is 4. The molecule has 1 aliphatic carbocycles. The monoisotopic (exact) mass is 280 g/mol. The summed E-state index contributed by atoms with van der Waals surface area (Å²) in [5, 5.41) is 16.3. The van der Waals surface area contributed by atoms with E-state index in [4.69, 9.17) is 5.11 Å². The van der Waals surface area contributed by atoms with Gasteiger partial charge in [-0.15, -0.1) is 0 Å². The van der Waals surface area contributed by atoms with E-state index in [9.17, 15) is 4.79 Å². The number of carbonyl (C=O) groups is 1. The van der Waals surface area contributed by atoms with E-state index in [0.717, 1.165) is 5.82 Å². The van der Waals surface area contributed by atoms with Crippen LogP contribution in [0.5, 0.6) is 0 Å². The van der Waals surface area contributed by atoms with Gasteiger partial charge in [-0.25, -0.2) is 4.68 Å². The first-order valence-electron chi connectivity index (χ1n) is 7.17. The van der Waals surface area contributed by atoms with Crippen LogP contribution in [0.15, 0.2) is 12.3 Å². The molecule has 0 saturated heterocycles. The molecular weight excluding hydrogens is 256 g/mol. The van der Waals surface area contributed by atoms with Crippen molar-refractivity contribution >= 4 is 11.7 Å². The lowest BCUT2D eigenvalue weighted by Crippen LogP contribution is -2.38. The number of aliphatic hydroxyl groups is 1. The molecule has 1 amide bonds. The molecule has 0 spiro atoms. The summed E-state index contributed by atoms with van der Waals surface area (Å²) < 4.78 is 1.89. The maximum absolute atomic E-state index is 12.0. The molecule has 6 heteroatoms. The average molecular weight is 280 g/mol. The van der Waals surface area contributed by atoms with Gasteiger partial charge in [-0.3, -0.25) is 9.69 Å². The standard InChI is InChI=1S/C14H24N4O2/c1-10(9-19)17(3)8-14(20)16-13-6-7-15-18(13)11(2)12-4-5-12/h6-7,10-12,19H,4-5,8-9H2,1-3H3,(H,16,20). The molecule has 1 fully saturated rings. The van der Waals surface area contributed by atoms with Crippen molar-refractivity contribution in [3.8, 4) is 0 Å². The van der Waals surface area contributed by atoms with Gasteiger partial charge in [0.15, 0.2) is 0 Å². The van der Waals surface area contributed by atoms with Gasteiger partial charge < -0.3 is 10.4 Å². The summed E-state index contributed by atoms with van der Waals surface area (Å²) >= 11 is 0. The minimum absolute atomic E-state index is 0.0314. The lowest BCUT2D eigenvalue weighted by molar-refractivity contribution is -0.117. The Morgan fingerprint density at radius 3 is 2.90 bits per heavy atom. The van der Waals surface area contributed by atoms with Gasteiger partial charge in [0, 0.05) is 12.1 Å². The fraction of sp³-hybridized carbons (Fsp3) is 0.714. The Balaban J connectivity index is 1.93. The van der Waals surface area contributed by atoms with E-state index in [0.29, 0.717) is 12.0 Å². The van der Waals surface area contributed by atoms with Crippen LogP contribution in [0.2, 0.25) is 0 Å². The molecule has 1 saturated carbocycles. The number of hydrogen-bond donors (Lipinski definition) is 2. The number of anilines is 1. The zero-order valence-corrected chi connectivity index (χ0v) is 12.4. The molecule has 20 heavy (non-hydrogen) atoms. The Labute approximate surface area is 119 Å². The highest BCUT2D eigenvalue weighted by atomic mass is 16.3. The number of carbonyl (C=O) groups excluding carboxylic acids is 1. The predicted molar refractivity (Wildman–Crippen MR) is 77.5 cm³/mol. The second-order valence-corrected chi connectivity index (χ2v) is 5.73. The third-order valence-corrected chi connectivity index (χ3v) is 4.04. The maximum atomic E-state index is 12.0. The van der Waals surface area contributed by atoms with Crippen LogP contribution in [0.4, 0.5) is 5.82 Å². The second kappa shape index (κ2) is 6.37. The molecule has 0 aliphatic heterocycles. The van der Waals surface area contributed by atoms with E-state index in [1.807, 2.05) is 29.6 Å². The molecule has 0 aromatic carbocycles. The number of rotatable bonds is 7. The minimum atomic E-state index is -0.0856. The lowest BCUT2D eigenvalue weighted by atomic mass is 10.2. The van der Waals surface area contributed by atoms with Crippen molar-refractivity contribution in [2.45, 2.75) is 38.8 Å². The quantitative estimate of drug-likeness (QED) is 0.785. The lowest BCUT2D eigenvalue weighted by Gasteiger charge is -2.22. The molecule has 112 valence electrons. The number of nitrogens with zero attached hydrogens (tertiary/aromatic N) is 3. The van der Waals surface area contributed by atoms with Crippen molar-refractivity contribution < 1.29 is 9.90 Å². The Morgan fingerprint density at radius 2 is 2.30 bits per heavy atom. The maximum Gasteiger partial charge on any atom is 0.239 e. The molecule has 6 nitrogen and oxygen atoms in total. The van der Waals surface area contributed by atoms with E-state index in [-0.39, 0.29) is 25.1 Å². The molecule has 2 atom stereocenters. The van der Waals surface area contributed by atoms with Crippen molar-refractivity contribution in [2.24, 2.45) is 5.92 Å². The largest absolute Gasteiger partial charge is 0.395 e. The molecule has 1 heterocycles. The Kier molecular flexibility index (Phi) is 4.77. The molecule has 2 rings (SSSR count). The summed E-state index contributed by atoms with van der Waals surface area (Å²) in [6.07, 6.45) is 4.20. The Morgan fingerprint density at radius 1 is 1.60 bits per heavy atom. The number of nitrogens with one attached hydrogen (secondary N) is 1. The van der Waals surface area contributed by atoms with E-state index < -0.39 is 0 Å². The van der Waals surface area contributed by atoms with E-state index in [2.05, 4.69) is 17.3 Å². The third-order valence-electron chi connectivity index (χ3n) is 4.04. The van der Waals surface area contributed by atoms with Crippen molar-refractivity contribution in [1.29, 1.82) is 0 Å². The van der Waals surface area contributed by atoms with Crippen molar-refractivity contribution in [1.82, 2.24) is 14.7 Å². The number of amides is 1. The molecule has 1 aromatic heterocycles. The highest BCUT2D eigenvalue weighted by molar-refractivity contribution is 5.91. The van der Waals surface area contributed by atoms with E-state index >= 15 is 0 Å².